The Balaban J connectivity index is 1.96. The Labute approximate surface area is 152 Å². The maximum absolute atomic E-state index is 14.5. The Morgan fingerprint density at radius 1 is 1.27 bits per heavy atom. The summed E-state index contributed by atoms with van der Waals surface area (Å²) in [7, 11) is 3.82. The summed E-state index contributed by atoms with van der Waals surface area (Å²) in [6.45, 7) is 4.44. The number of fused-ring (bicyclic) bond motifs is 1. The zero-order valence-electron chi connectivity index (χ0n) is 15.3. The Hall–Kier alpha value is -2.60. The van der Waals surface area contributed by atoms with E-state index in [1.54, 1.807) is 12.1 Å². The molecule has 2 aromatic rings. The van der Waals surface area contributed by atoms with Gasteiger partial charge in [-0.15, -0.1) is 0 Å². The van der Waals surface area contributed by atoms with Gasteiger partial charge in [0.05, 0.1) is 5.56 Å². The first-order chi connectivity index (χ1) is 12.1. The molecule has 0 radical (unpaired) electrons. The smallest absolute Gasteiger partial charge is 0.335 e. The van der Waals surface area contributed by atoms with Crippen molar-refractivity contribution >= 4 is 5.97 Å². The van der Waals surface area contributed by atoms with E-state index in [9.17, 15) is 14.3 Å². The number of carboxylic acid groups (broad SMARTS) is 1. The summed E-state index contributed by atoms with van der Waals surface area (Å²) in [6, 6.07) is 7.68. The summed E-state index contributed by atoms with van der Waals surface area (Å²) in [6.07, 6.45) is 0.553. The highest BCUT2D eigenvalue weighted by Gasteiger charge is 2.34. The number of halogens is 1. The van der Waals surface area contributed by atoms with Crippen molar-refractivity contribution in [3.05, 3.63) is 52.8 Å². The van der Waals surface area contributed by atoms with Crippen LogP contribution in [0.5, 0.6) is 17.2 Å². The van der Waals surface area contributed by atoms with Crippen LogP contribution in [0.4, 0.5) is 4.39 Å². The Kier molecular flexibility index (Phi) is 4.63. The summed E-state index contributed by atoms with van der Waals surface area (Å²) < 4.78 is 26.0. The number of rotatable bonds is 5. The van der Waals surface area contributed by atoms with Crippen LogP contribution >= 0.6 is 0 Å². The minimum atomic E-state index is -1.09. The van der Waals surface area contributed by atoms with E-state index in [0.29, 0.717) is 24.5 Å². The second-order valence-corrected chi connectivity index (χ2v) is 7.40. The number of ether oxygens (including phenoxy) is 2. The predicted molar refractivity (Wildman–Crippen MR) is 95.7 cm³/mol. The quantitative estimate of drug-likeness (QED) is 0.871. The topological polar surface area (TPSA) is 59.0 Å². The summed E-state index contributed by atoms with van der Waals surface area (Å²) in [5.41, 5.74) is 1.15. The van der Waals surface area contributed by atoms with Crippen LogP contribution in [0.3, 0.4) is 0 Å². The number of carboxylic acids is 1. The number of nitrogens with zero attached hydrogens (tertiary/aromatic N) is 1. The molecular formula is C20H22FNO4. The monoisotopic (exact) mass is 359 g/mol. The van der Waals surface area contributed by atoms with E-state index in [2.05, 4.69) is 0 Å². The minimum absolute atomic E-state index is 0.0427. The molecule has 2 aromatic carbocycles. The molecule has 0 fully saturated rings. The molecule has 1 heterocycles. The first kappa shape index (κ1) is 18.2. The van der Waals surface area contributed by atoms with Crippen LogP contribution in [0, 0.1) is 5.82 Å². The van der Waals surface area contributed by atoms with Crippen molar-refractivity contribution in [2.24, 2.45) is 0 Å². The molecule has 0 saturated heterocycles. The van der Waals surface area contributed by atoms with Gasteiger partial charge in [0, 0.05) is 18.5 Å². The van der Waals surface area contributed by atoms with Crippen molar-refractivity contribution in [3.8, 4) is 17.2 Å². The van der Waals surface area contributed by atoms with Crippen molar-refractivity contribution < 1.29 is 23.8 Å². The molecule has 138 valence electrons. The molecule has 5 nitrogen and oxygen atoms in total. The maximum Gasteiger partial charge on any atom is 0.335 e. The van der Waals surface area contributed by atoms with Gasteiger partial charge in [-0.05, 0) is 57.8 Å². The molecule has 0 amide bonds. The first-order valence-corrected chi connectivity index (χ1v) is 8.35. The molecule has 6 heteroatoms. The highest BCUT2D eigenvalue weighted by molar-refractivity contribution is 5.89. The van der Waals surface area contributed by atoms with Gasteiger partial charge in [-0.3, -0.25) is 0 Å². The number of carbonyl (C=O) groups is 1. The minimum Gasteiger partial charge on any atom is -0.487 e. The van der Waals surface area contributed by atoms with Crippen LogP contribution in [-0.2, 0) is 13.0 Å². The predicted octanol–water partition coefficient (Wildman–Crippen LogP) is 4.09. The standard InChI is InChI=1S/C20H22FNO4/c1-20(2)10-14-17(8-13(19(23)24)9-18(14)26-20)25-16-6-5-12(7-15(16)21)11-22(3)4/h5-9H,10-11H2,1-4H3,(H,23,24). The maximum atomic E-state index is 14.5. The lowest BCUT2D eigenvalue weighted by Gasteiger charge is -2.16. The number of hydrogen-bond donors (Lipinski definition) is 1. The van der Waals surface area contributed by atoms with Gasteiger partial charge in [-0.1, -0.05) is 6.07 Å². The van der Waals surface area contributed by atoms with E-state index in [1.165, 1.54) is 18.2 Å². The van der Waals surface area contributed by atoms with Gasteiger partial charge in [0.1, 0.15) is 17.1 Å². The molecular weight excluding hydrogens is 337 g/mol. The van der Waals surface area contributed by atoms with Crippen molar-refractivity contribution in [1.82, 2.24) is 4.90 Å². The molecule has 0 aromatic heterocycles. The van der Waals surface area contributed by atoms with Crippen molar-refractivity contribution in [3.63, 3.8) is 0 Å². The van der Waals surface area contributed by atoms with E-state index in [-0.39, 0.29) is 11.3 Å². The van der Waals surface area contributed by atoms with Gasteiger partial charge in [0.25, 0.3) is 0 Å². The molecule has 0 unspecified atom stereocenters. The second kappa shape index (κ2) is 6.61. The fourth-order valence-corrected chi connectivity index (χ4v) is 3.07. The van der Waals surface area contributed by atoms with E-state index in [4.69, 9.17) is 9.47 Å². The zero-order chi connectivity index (χ0) is 19.1. The van der Waals surface area contributed by atoms with E-state index in [0.717, 1.165) is 11.1 Å². The fraction of sp³-hybridized carbons (Fsp3) is 0.350. The normalized spacial score (nSPS) is 14.8. The lowest BCUT2D eigenvalue weighted by atomic mass is 10.00. The van der Waals surface area contributed by atoms with Crippen LogP contribution in [0.1, 0.15) is 35.3 Å². The van der Waals surface area contributed by atoms with Gasteiger partial charge in [0.15, 0.2) is 11.6 Å². The van der Waals surface area contributed by atoms with Crippen molar-refractivity contribution in [2.45, 2.75) is 32.4 Å². The number of aromatic carboxylic acids is 1. The lowest BCUT2D eigenvalue weighted by Crippen LogP contribution is -2.24. The molecule has 1 aliphatic heterocycles. The summed E-state index contributed by atoms with van der Waals surface area (Å²) in [4.78, 5) is 13.3. The molecule has 0 atom stereocenters. The van der Waals surface area contributed by atoms with Crippen LogP contribution < -0.4 is 9.47 Å². The molecule has 0 spiro atoms. The second-order valence-electron chi connectivity index (χ2n) is 7.40. The molecule has 0 aliphatic carbocycles. The van der Waals surface area contributed by atoms with Crippen LogP contribution in [0.2, 0.25) is 0 Å². The zero-order valence-corrected chi connectivity index (χ0v) is 15.3. The number of hydrogen-bond acceptors (Lipinski definition) is 4. The highest BCUT2D eigenvalue weighted by Crippen LogP contribution is 2.43. The Morgan fingerprint density at radius 2 is 2.00 bits per heavy atom. The van der Waals surface area contributed by atoms with Crippen LogP contribution in [-0.4, -0.2) is 35.7 Å². The molecule has 1 N–H and O–H groups in total. The van der Waals surface area contributed by atoms with Gasteiger partial charge < -0.3 is 19.5 Å². The van der Waals surface area contributed by atoms with Gasteiger partial charge in [-0.2, -0.15) is 0 Å². The van der Waals surface area contributed by atoms with Gasteiger partial charge in [0.2, 0.25) is 0 Å². The third kappa shape index (κ3) is 3.80. The fourth-order valence-electron chi connectivity index (χ4n) is 3.07. The summed E-state index contributed by atoms with van der Waals surface area (Å²) >= 11 is 0. The van der Waals surface area contributed by atoms with Crippen LogP contribution in [0.25, 0.3) is 0 Å². The lowest BCUT2D eigenvalue weighted by molar-refractivity contribution is 0.0695. The first-order valence-electron chi connectivity index (χ1n) is 8.35. The van der Waals surface area contributed by atoms with Crippen molar-refractivity contribution in [1.29, 1.82) is 0 Å². The Bertz CT molecular complexity index is 861. The molecule has 1 aliphatic rings. The van der Waals surface area contributed by atoms with Crippen molar-refractivity contribution in [2.75, 3.05) is 14.1 Å². The van der Waals surface area contributed by atoms with E-state index >= 15 is 0 Å². The summed E-state index contributed by atoms with van der Waals surface area (Å²) in [5.74, 6) is -0.744. The number of benzene rings is 2. The van der Waals surface area contributed by atoms with Crippen LogP contribution in [0.15, 0.2) is 30.3 Å². The molecule has 3 rings (SSSR count). The largest absolute Gasteiger partial charge is 0.487 e. The molecule has 26 heavy (non-hydrogen) atoms. The van der Waals surface area contributed by atoms with E-state index in [1.807, 2.05) is 32.8 Å². The summed E-state index contributed by atoms with van der Waals surface area (Å²) in [5, 5.41) is 9.32. The average Bonchev–Trinajstić information content (AvgIpc) is 2.83. The average molecular weight is 359 g/mol. The third-order valence-corrected chi connectivity index (χ3v) is 4.12. The highest BCUT2D eigenvalue weighted by atomic mass is 19.1. The van der Waals surface area contributed by atoms with Gasteiger partial charge >= 0.3 is 5.97 Å². The van der Waals surface area contributed by atoms with Gasteiger partial charge in [-0.25, -0.2) is 9.18 Å². The Morgan fingerprint density at radius 3 is 2.62 bits per heavy atom. The molecule has 0 saturated carbocycles. The third-order valence-electron chi connectivity index (χ3n) is 4.12. The SMILES string of the molecule is CN(C)Cc1ccc(Oc2cc(C(=O)O)cc3c2CC(C)(C)O3)c(F)c1. The van der Waals surface area contributed by atoms with E-state index < -0.39 is 17.4 Å². The molecule has 0 bridgehead atoms.